The second-order valence-electron chi connectivity index (χ2n) is 5.85. The van der Waals surface area contributed by atoms with Crippen molar-refractivity contribution in [1.29, 1.82) is 0 Å². The maximum atomic E-state index is 12.2. The van der Waals surface area contributed by atoms with Gasteiger partial charge in [0.15, 0.2) is 5.82 Å². The maximum Gasteiger partial charge on any atom is 0.227 e. The molecular formula is C17H15Cl4N5O. The van der Waals surface area contributed by atoms with Gasteiger partial charge in [-0.3, -0.25) is 14.2 Å². The number of nitrogens with zero attached hydrogens (tertiary/aromatic N) is 4. The van der Waals surface area contributed by atoms with Gasteiger partial charge in [-0.05, 0) is 19.1 Å². The van der Waals surface area contributed by atoms with Crippen LogP contribution in [0.5, 0.6) is 0 Å². The summed E-state index contributed by atoms with van der Waals surface area (Å²) in [6, 6.07) is 5.27. The molecule has 0 aliphatic carbocycles. The van der Waals surface area contributed by atoms with Gasteiger partial charge in [-0.1, -0.05) is 52.5 Å². The number of carbonyl (C=O) groups is 1. The summed E-state index contributed by atoms with van der Waals surface area (Å²) in [5.41, 5.74) is 1.45. The highest BCUT2D eigenvalue weighted by Gasteiger charge is 2.13. The second kappa shape index (κ2) is 8.52. The van der Waals surface area contributed by atoms with Gasteiger partial charge >= 0.3 is 0 Å². The van der Waals surface area contributed by atoms with E-state index >= 15 is 0 Å². The summed E-state index contributed by atoms with van der Waals surface area (Å²) in [7, 11) is 0. The predicted molar refractivity (Wildman–Crippen MR) is 108 cm³/mol. The Morgan fingerprint density at radius 3 is 2.30 bits per heavy atom. The molecule has 0 aliphatic rings. The molecule has 0 bridgehead atoms. The van der Waals surface area contributed by atoms with Crippen molar-refractivity contribution in [2.45, 2.75) is 26.4 Å². The molecule has 1 aromatic carbocycles. The van der Waals surface area contributed by atoms with Crippen LogP contribution < -0.4 is 5.32 Å². The summed E-state index contributed by atoms with van der Waals surface area (Å²) in [6.45, 7) is 2.53. The van der Waals surface area contributed by atoms with Gasteiger partial charge in [0.1, 0.15) is 5.02 Å². The van der Waals surface area contributed by atoms with E-state index in [-0.39, 0.29) is 18.1 Å². The minimum atomic E-state index is -0.234. The number of carbonyl (C=O) groups excluding carboxylic acids is 1. The quantitative estimate of drug-likeness (QED) is 0.574. The molecule has 3 aromatic rings. The third-order valence-corrected chi connectivity index (χ3v) is 5.17. The van der Waals surface area contributed by atoms with Crippen LogP contribution in [-0.2, 0) is 17.9 Å². The van der Waals surface area contributed by atoms with Gasteiger partial charge in [0.2, 0.25) is 5.91 Å². The fourth-order valence-electron chi connectivity index (χ4n) is 2.43. The zero-order valence-electron chi connectivity index (χ0n) is 14.2. The number of halogens is 4. The van der Waals surface area contributed by atoms with E-state index in [0.717, 1.165) is 11.3 Å². The highest BCUT2D eigenvalue weighted by atomic mass is 35.5. The van der Waals surface area contributed by atoms with E-state index in [1.54, 1.807) is 46.9 Å². The third-order valence-electron chi connectivity index (χ3n) is 3.81. The van der Waals surface area contributed by atoms with Crippen molar-refractivity contribution in [3.8, 4) is 0 Å². The highest BCUT2D eigenvalue weighted by molar-refractivity contribution is 6.36. The van der Waals surface area contributed by atoms with E-state index in [1.165, 1.54) is 0 Å². The number of benzene rings is 1. The minimum absolute atomic E-state index is 0.205. The summed E-state index contributed by atoms with van der Waals surface area (Å²) in [6.07, 6.45) is 3.49. The normalized spacial score (nSPS) is 11.0. The highest BCUT2D eigenvalue weighted by Crippen LogP contribution is 2.27. The molecule has 0 atom stereocenters. The van der Waals surface area contributed by atoms with Crippen molar-refractivity contribution in [2.24, 2.45) is 0 Å². The molecule has 0 aliphatic heterocycles. The van der Waals surface area contributed by atoms with Crippen molar-refractivity contribution in [3.63, 3.8) is 0 Å². The summed E-state index contributed by atoms with van der Waals surface area (Å²) in [4.78, 5) is 12.2. The Balaban J connectivity index is 1.63. The van der Waals surface area contributed by atoms with Crippen LogP contribution in [0.1, 0.15) is 17.7 Å². The smallest absolute Gasteiger partial charge is 0.227 e. The van der Waals surface area contributed by atoms with E-state index in [1.807, 2.05) is 0 Å². The lowest BCUT2D eigenvalue weighted by Gasteiger charge is -2.07. The molecular weight excluding hydrogens is 432 g/mol. The standard InChI is InChI=1S/C17H15Cl4N5O/c1-10-14(20)8-25(23-10)6-5-16(27)22-17-15(21)9-26(24-17)7-11-12(18)3-2-4-13(11)19/h2-4,8-9H,5-7H2,1H3,(H,22,24,27). The lowest BCUT2D eigenvalue weighted by molar-refractivity contribution is -0.116. The topological polar surface area (TPSA) is 64.7 Å². The van der Waals surface area contributed by atoms with Crippen LogP contribution in [0.15, 0.2) is 30.6 Å². The molecule has 27 heavy (non-hydrogen) atoms. The second-order valence-corrected chi connectivity index (χ2v) is 7.48. The Hall–Kier alpha value is -1.73. The van der Waals surface area contributed by atoms with Crippen molar-refractivity contribution >= 4 is 58.1 Å². The number of hydrogen-bond acceptors (Lipinski definition) is 3. The zero-order valence-corrected chi connectivity index (χ0v) is 17.2. The number of nitrogens with one attached hydrogen (secondary N) is 1. The molecule has 2 aromatic heterocycles. The van der Waals surface area contributed by atoms with Crippen LogP contribution in [0, 0.1) is 6.92 Å². The first kappa shape index (κ1) is 20.0. The average molecular weight is 447 g/mol. The van der Waals surface area contributed by atoms with E-state index in [9.17, 15) is 4.79 Å². The van der Waals surface area contributed by atoms with Crippen LogP contribution in [0.3, 0.4) is 0 Å². The molecule has 0 radical (unpaired) electrons. The molecule has 3 rings (SSSR count). The van der Waals surface area contributed by atoms with Gasteiger partial charge < -0.3 is 5.32 Å². The molecule has 0 unspecified atom stereocenters. The average Bonchev–Trinajstić information content (AvgIpc) is 3.11. The summed E-state index contributed by atoms with van der Waals surface area (Å²) >= 11 is 24.5. The number of aromatic nitrogens is 4. The molecule has 0 fully saturated rings. The van der Waals surface area contributed by atoms with Crippen molar-refractivity contribution in [3.05, 3.63) is 61.9 Å². The monoisotopic (exact) mass is 445 g/mol. The van der Waals surface area contributed by atoms with E-state index in [4.69, 9.17) is 46.4 Å². The lowest BCUT2D eigenvalue weighted by Crippen LogP contribution is -2.15. The summed E-state index contributed by atoms with van der Waals surface area (Å²) in [5.74, 6) is 0.0433. The Bertz CT molecular complexity index is 942. The minimum Gasteiger partial charge on any atom is -0.308 e. The van der Waals surface area contributed by atoms with E-state index in [2.05, 4.69) is 15.5 Å². The van der Waals surface area contributed by atoms with Crippen LogP contribution in [0.4, 0.5) is 5.82 Å². The molecule has 1 amide bonds. The number of amides is 1. The van der Waals surface area contributed by atoms with Gasteiger partial charge in [-0.25, -0.2) is 0 Å². The molecule has 10 heteroatoms. The molecule has 0 saturated heterocycles. The Labute approximate surface area is 176 Å². The number of anilines is 1. The van der Waals surface area contributed by atoms with E-state index < -0.39 is 0 Å². The fourth-order valence-corrected chi connectivity index (χ4v) is 3.29. The first-order valence-electron chi connectivity index (χ1n) is 7.98. The van der Waals surface area contributed by atoms with Crippen LogP contribution in [-0.4, -0.2) is 25.5 Å². The predicted octanol–water partition coefficient (Wildman–Crippen LogP) is 5.08. The first-order valence-corrected chi connectivity index (χ1v) is 9.50. The van der Waals surface area contributed by atoms with Crippen molar-refractivity contribution in [2.75, 3.05) is 5.32 Å². The third kappa shape index (κ3) is 4.96. The van der Waals surface area contributed by atoms with Crippen LogP contribution >= 0.6 is 46.4 Å². The molecule has 1 N–H and O–H groups in total. The summed E-state index contributed by atoms with van der Waals surface area (Å²) < 4.78 is 3.19. The van der Waals surface area contributed by atoms with Crippen molar-refractivity contribution in [1.82, 2.24) is 19.6 Å². The largest absolute Gasteiger partial charge is 0.308 e. The molecule has 0 spiro atoms. The maximum absolute atomic E-state index is 12.2. The first-order chi connectivity index (χ1) is 12.8. The van der Waals surface area contributed by atoms with E-state index in [0.29, 0.717) is 33.2 Å². The Kier molecular flexibility index (Phi) is 6.32. The van der Waals surface area contributed by atoms with Crippen molar-refractivity contribution < 1.29 is 4.79 Å². The zero-order chi connectivity index (χ0) is 19.6. The Morgan fingerprint density at radius 1 is 1.00 bits per heavy atom. The number of rotatable bonds is 6. The molecule has 6 nitrogen and oxygen atoms in total. The number of aryl methyl sites for hydroxylation is 2. The Morgan fingerprint density at radius 2 is 1.67 bits per heavy atom. The SMILES string of the molecule is Cc1nn(CCC(=O)Nc2nn(Cc3c(Cl)cccc3Cl)cc2Cl)cc1Cl. The van der Waals surface area contributed by atoms with Gasteiger partial charge in [-0.2, -0.15) is 10.2 Å². The van der Waals surface area contributed by atoms with Gasteiger partial charge in [0, 0.05) is 41.0 Å². The van der Waals surface area contributed by atoms with Gasteiger partial charge in [-0.15, -0.1) is 0 Å². The van der Waals surface area contributed by atoms with Gasteiger partial charge in [0.05, 0.1) is 17.3 Å². The van der Waals surface area contributed by atoms with Crippen LogP contribution in [0.25, 0.3) is 0 Å². The fraction of sp³-hybridized carbons (Fsp3) is 0.235. The lowest BCUT2D eigenvalue weighted by atomic mass is 10.2. The van der Waals surface area contributed by atoms with Gasteiger partial charge in [0.25, 0.3) is 0 Å². The molecule has 2 heterocycles. The number of hydrogen-bond donors (Lipinski definition) is 1. The molecule has 142 valence electrons. The molecule has 0 saturated carbocycles. The van der Waals surface area contributed by atoms with Crippen LogP contribution in [0.2, 0.25) is 20.1 Å². The summed E-state index contributed by atoms with van der Waals surface area (Å²) in [5, 5.41) is 13.2.